The van der Waals surface area contributed by atoms with E-state index in [1.807, 2.05) is 11.4 Å². The van der Waals surface area contributed by atoms with Crippen molar-refractivity contribution in [3.05, 3.63) is 35.9 Å². The summed E-state index contributed by atoms with van der Waals surface area (Å²) in [6.07, 6.45) is -4.89. The maximum Gasteiger partial charge on any atom is 0.415 e. The van der Waals surface area contributed by atoms with Crippen LogP contribution in [0.15, 0.2) is 30.3 Å². The SMILES string of the molecule is CC(N)(C(=O)NCC(=O)NCc1ccccc1)C(F)(F)F. The molecule has 0 bridgehead atoms. The topological polar surface area (TPSA) is 84.2 Å². The summed E-state index contributed by atoms with van der Waals surface area (Å²) in [6, 6.07) is 8.93. The second kappa shape index (κ2) is 6.57. The lowest BCUT2D eigenvalue weighted by Gasteiger charge is -2.25. The van der Waals surface area contributed by atoms with E-state index in [0.29, 0.717) is 6.92 Å². The van der Waals surface area contributed by atoms with Gasteiger partial charge in [-0.15, -0.1) is 0 Å². The van der Waals surface area contributed by atoms with Gasteiger partial charge in [-0.1, -0.05) is 30.3 Å². The molecule has 116 valence electrons. The number of halogens is 3. The molecular formula is C13H16F3N3O2. The second-order valence-electron chi connectivity index (χ2n) is 4.65. The standard InChI is InChI=1S/C13H16F3N3O2/c1-12(17,13(14,15)16)11(21)19-8-10(20)18-7-9-5-3-2-4-6-9/h2-6H,7-8,17H2,1H3,(H,18,20)(H,19,21). The predicted octanol–water partition coefficient (Wildman–Crippen LogP) is 0.699. The zero-order chi connectivity index (χ0) is 16.1. The maximum absolute atomic E-state index is 12.5. The monoisotopic (exact) mass is 303 g/mol. The smallest absolute Gasteiger partial charge is 0.350 e. The lowest BCUT2D eigenvalue weighted by atomic mass is 10.0. The Morgan fingerprint density at radius 1 is 1.14 bits per heavy atom. The molecule has 0 saturated heterocycles. The molecule has 0 spiro atoms. The summed E-state index contributed by atoms with van der Waals surface area (Å²) in [5.74, 6) is -2.06. The average Bonchev–Trinajstić information content (AvgIpc) is 2.42. The minimum absolute atomic E-state index is 0.217. The Hall–Kier alpha value is -2.09. The summed E-state index contributed by atoms with van der Waals surface area (Å²) >= 11 is 0. The maximum atomic E-state index is 12.5. The Balaban J connectivity index is 2.41. The van der Waals surface area contributed by atoms with Crippen molar-refractivity contribution >= 4 is 11.8 Å². The van der Waals surface area contributed by atoms with Gasteiger partial charge in [0.1, 0.15) is 0 Å². The van der Waals surface area contributed by atoms with Gasteiger partial charge in [0.25, 0.3) is 0 Å². The Morgan fingerprint density at radius 2 is 1.71 bits per heavy atom. The highest BCUT2D eigenvalue weighted by atomic mass is 19.4. The molecule has 0 aromatic heterocycles. The third-order valence-electron chi connectivity index (χ3n) is 2.80. The highest BCUT2D eigenvalue weighted by Gasteiger charge is 2.53. The van der Waals surface area contributed by atoms with E-state index in [-0.39, 0.29) is 6.54 Å². The van der Waals surface area contributed by atoms with Crippen LogP contribution in [0.2, 0.25) is 0 Å². The molecule has 21 heavy (non-hydrogen) atoms. The molecule has 2 amide bonds. The summed E-state index contributed by atoms with van der Waals surface area (Å²) in [5, 5.41) is 4.34. The first-order chi connectivity index (χ1) is 9.64. The lowest BCUT2D eigenvalue weighted by molar-refractivity contribution is -0.187. The number of carbonyl (C=O) groups excluding carboxylic acids is 2. The fourth-order valence-electron chi connectivity index (χ4n) is 1.33. The first kappa shape index (κ1) is 17.0. The number of nitrogens with two attached hydrogens (primary N) is 1. The van der Waals surface area contributed by atoms with E-state index < -0.39 is 30.1 Å². The van der Waals surface area contributed by atoms with Crippen LogP contribution < -0.4 is 16.4 Å². The Kier molecular flexibility index (Phi) is 5.31. The van der Waals surface area contributed by atoms with Crippen LogP contribution in [0.5, 0.6) is 0 Å². The fraction of sp³-hybridized carbons (Fsp3) is 0.385. The van der Waals surface area contributed by atoms with E-state index in [1.165, 1.54) is 0 Å². The molecule has 1 rings (SSSR count). The molecule has 0 aliphatic rings. The third kappa shape index (κ3) is 4.75. The van der Waals surface area contributed by atoms with Crippen molar-refractivity contribution in [2.75, 3.05) is 6.54 Å². The van der Waals surface area contributed by atoms with Gasteiger partial charge in [-0.05, 0) is 12.5 Å². The first-order valence-corrected chi connectivity index (χ1v) is 6.09. The number of carbonyl (C=O) groups is 2. The molecule has 4 N–H and O–H groups in total. The van der Waals surface area contributed by atoms with Crippen LogP contribution in [0.1, 0.15) is 12.5 Å². The number of hydrogen-bond acceptors (Lipinski definition) is 3. The molecule has 0 aliphatic carbocycles. The van der Waals surface area contributed by atoms with E-state index in [0.717, 1.165) is 5.56 Å². The zero-order valence-electron chi connectivity index (χ0n) is 11.3. The predicted molar refractivity (Wildman–Crippen MR) is 69.9 cm³/mol. The minimum atomic E-state index is -4.89. The molecule has 0 radical (unpaired) electrons. The fourth-order valence-corrected chi connectivity index (χ4v) is 1.33. The van der Waals surface area contributed by atoms with Gasteiger partial charge >= 0.3 is 6.18 Å². The molecule has 1 unspecified atom stereocenters. The summed E-state index contributed by atoms with van der Waals surface area (Å²) in [5.41, 5.74) is 2.71. The van der Waals surface area contributed by atoms with E-state index in [4.69, 9.17) is 5.73 Å². The highest BCUT2D eigenvalue weighted by Crippen LogP contribution is 2.27. The van der Waals surface area contributed by atoms with Crippen LogP contribution >= 0.6 is 0 Å². The van der Waals surface area contributed by atoms with Crippen molar-refractivity contribution in [2.45, 2.75) is 25.2 Å². The van der Waals surface area contributed by atoms with Gasteiger partial charge in [-0.25, -0.2) is 0 Å². The van der Waals surface area contributed by atoms with Crippen LogP contribution in [-0.2, 0) is 16.1 Å². The first-order valence-electron chi connectivity index (χ1n) is 6.09. The van der Waals surface area contributed by atoms with Gasteiger partial charge in [0, 0.05) is 6.54 Å². The molecule has 1 atom stereocenters. The summed E-state index contributed by atoms with van der Waals surface area (Å²) in [7, 11) is 0. The van der Waals surface area contributed by atoms with Crippen molar-refractivity contribution in [3.8, 4) is 0 Å². The molecule has 0 heterocycles. The van der Waals surface area contributed by atoms with E-state index in [9.17, 15) is 22.8 Å². The van der Waals surface area contributed by atoms with Gasteiger partial charge in [-0.3, -0.25) is 9.59 Å². The van der Waals surface area contributed by atoms with Crippen molar-refractivity contribution in [3.63, 3.8) is 0 Å². The van der Waals surface area contributed by atoms with Crippen LogP contribution in [-0.4, -0.2) is 30.1 Å². The van der Waals surface area contributed by atoms with Crippen molar-refractivity contribution < 1.29 is 22.8 Å². The highest BCUT2D eigenvalue weighted by molar-refractivity contribution is 5.90. The van der Waals surface area contributed by atoms with Crippen molar-refractivity contribution in [2.24, 2.45) is 5.73 Å². The Morgan fingerprint density at radius 3 is 2.24 bits per heavy atom. The number of alkyl halides is 3. The molecule has 1 aromatic carbocycles. The van der Waals surface area contributed by atoms with Gasteiger partial charge in [0.2, 0.25) is 11.8 Å². The molecule has 1 aromatic rings. The van der Waals surface area contributed by atoms with Crippen LogP contribution in [0.4, 0.5) is 13.2 Å². The molecule has 0 aliphatic heterocycles. The Bertz CT molecular complexity index is 501. The summed E-state index contributed by atoms with van der Waals surface area (Å²) < 4.78 is 37.5. The van der Waals surface area contributed by atoms with E-state index in [2.05, 4.69) is 5.32 Å². The van der Waals surface area contributed by atoms with Gasteiger partial charge in [0.15, 0.2) is 5.54 Å². The quantitative estimate of drug-likeness (QED) is 0.748. The zero-order valence-corrected chi connectivity index (χ0v) is 11.3. The van der Waals surface area contributed by atoms with E-state index >= 15 is 0 Å². The summed E-state index contributed by atoms with van der Waals surface area (Å²) in [6.45, 7) is 0.188. The van der Waals surface area contributed by atoms with Crippen LogP contribution in [0.3, 0.4) is 0 Å². The van der Waals surface area contributed by atoms with Crippen LogP contribution in [0, 0.1) is 0 Å². The largest absolute Gasteiger partial charge is 0.415 e. The number of nitrogens with one attached hydrogen (secondary N) is 2. The number of amides is 2. The van der Waals surface area contributed by atoms with Gasteiger partial charge in [0.05, 0.1) is 6.54 Å². The molecular weight excluding hydrogens is 287 g/mol. The summed E-state index contributed by atoms with van der Waals surface area (Å²) in [4.78, 5) is 22.8. The van der Waals surface area contributed by atoms with Crippen LogP contribution in [0.25, 0.3) is 0 Å². The number of hydrogen-bond donors (Lipinski definition) is 3. The number of rotatable bonds is 5. The van der Waals surface area contributed by atoms with Crippen molar-refractivity contribution in [1.82, 2.24) is 10.6 Å². The van der Waals surface area contributed by atoms with Gasteiger partial charge < -0.3 is 16.4 Å². The van der Waals surface area contributed by atoms with E-state index in [1.54, 1.807) is 24.3 Å². The second-order valence-corrected chi connectivity index (χ2v) is 4.65. The molecule has 0 saturated carbocycles. The van der Waals surface area contributed by atoms with Gasteiger partial charge in [-0.2, -0.15) is 13.2 Å². The number of benzene rings is 1. The average molecular weight is 303 g/mol. The Labute approximate surface area is 119 Å². The lowest BCUT2D eigenvalue weighted by Crippen LogP contribution is -2.62. The minimum Gasteiger partial charge on any atom is -0.350 e. The molecule has 0 fully saturated rings. The molecule has 5 nitrogen and oxygen atoms in total. The third-order valence-corrected chi connectivity index (χ3v) is 2.80. The van der Waals surface area contributed by atoms with Crippen molar-refractivity contribution in [1.29, 1.82) is 0 Å². The normalized spacial score (nSPS) is 14.1. The molecule has 8 heteroatoms.